The molecule has 0 saturated heterocycles. The number of nitrogens with two attached hydrogens (primary N) is 1. The molecule has 1 atom stereocenters. The molecule has 0 heterocycles. The number of hydrogen-bond acceptors (Lipinski definition) is 2. The van der Waals surface area contributed by atoms with Crippen LogP contribution in [0.2, 0.25) is 0 Å². The van der Waals surface area contributed by atoms with E-state index in [1.807, 2.05) is 30.3 Å². The van der Waals surface area contributed by atoms with Gasteiger partial charge in [-0.3, -0.25) is 4.79 Å². The molecule has 19 heavy (non-hydrogen) atoms. The second-order valence-corrected chi connectivity index (χ2v) is 5.52. The molecule has 3 heteroatoms. The highest BCUT2D eigenvalue weighted by Gasteiger charge is 2.20. The molecule has 1 unspecified atom stereocenters. The van der Waals surface area contributed by atoms with Gasteiger partial charge in [-0.05, 0) is 30.7 Å². The van der Waals surface area contributed by atoms with E-state index in [4.69, 9.17) is 5.73 Å². The molecule has 1 amide bonds. The largest absolute Gasteiger partial charge is 0.356 e. The summed E-state index contributed by atoms with van der Waals surface area (Å²) in [4.78, 5) is 12.1. The maximum Gasteiger partial charge on any atom is 0.224 e. The van der Waals surface area contributed by atoms with Crippen LogP contribution in [0.1, 0.15) is 31.2 Å². The molecule has 1 saturated carbocycles. The first kappa shape index (κ1) is 14.1. The summed E-state index contributed by atoms with van der Waals surface area (Å²) in [6, 6.07) is 10.1. The first-order chi connectivity index (χ1) is 9.29. The summed E-state index contributed by atoms with van der Waals surface area (Å²) in [5.74, 6) is 0.682. The Morgan fingerprint density at radius 3 is 2.58 bits per heavy atom. The third-order valence-corrected chi connectivity index (χ3v) is 4.02. The van der Waals surface area contributed by atoms with Crippen molar-refractivity contribution in [3.05, 3.63) is 35.9 Å². The molecule has 1 aliphatic rings. The average Bonchev–Trinajstić information content (AvgIpc) is 2.96. The number of nitrogens with one attached hydrogen (secondary N) is 1. The Kier molecular flexibility index (Phi) is 5.40. The van der Waals surface area contributed by atoms with Crippen molar-refractivity contribution in [3.63, 3.8) is 0 Å². The Hall–Kier alpha value is -1.35. The zero-order valence-corrected chi connectivity index (χ0v) is 11.5. The molecule has 1 aromatic rings. The van der Waals surface area contributed by atoms with E-state index in [0.717, 1.165) is 13.0 Å². The van der Waals surface area contributed by atoms with Gasteiger partial charge in [-0.25, -0.2) is 0 Å². The molecule has 1 fully saturated rings. The van der Waals surface area contributed by atoms with Crippen LogP contribution in [0.5, 0.6) is 0 Å². The van der Waals surface area contributed by atoms with Gasteiger partial charge in [0.15, 0.2) is 0 Å². The number of hydrogen-bond donors (Lipinski definition) is 2. The van der Waals surface area contributed by atoms with E-state index in [2.05, 4.69) is 5.32 Å². The van der Waals surface area contributed by atoms with Crippen LogP contribution in [0.4, 0.5) is 0 Å². The van der Waals surface area contributed by atoms with Crippen molar-refractivity contribution in [1.29, 1.82) is 0 Å². The molecule has 1 aromatic carbocycles. The summed E-state index contributed by atoms with van der Waals surface area (Å²) in [6.07, 6.45) is 5.86. The first-order valence-corrected chi connectivity index (χ1v) is 7.31. The number of carbonyl (C=O) groups is 1. The molecule has 0 bridgehead atoms. The third-order valence-electron chi connectivity index (χ3n) is 4.02. The summed E-state index contributed by atoms with van der Waals surface area (Å²) in [5, 5.41) is 3.08. The van der Waals surface area contributed by atoms with E-state index in [1.165, 1.54) is 31.2 Å². The van der Waals surface area contributed by atoms with E-state index in [1.54, 1.807) is 0 Å². The van der Waals surface area contributed by atoms with Crippen LogP contribution in [0.3, 0.4) is 0 Å². The summed E-state index contributed by atoms with van der Waals surface area (Å²) in [6.45, 7) is 1.23. The molecule has 0 radical (unpaired) electrons. The predicted octanol–water partition coefficient (Wildman–Crippen LogP) is 2.11. The average molecular weight is 260 g/mol. The Balaban J connectivity index is 1.81. The maximum absolute atomic E-state index is 12.1. The Bertz CT molecular complexity index is 385. The molecule has 104 valence electrons. The lowest BCUT2D eigenvalue weighted by Gasteiger charge is -2.17. The smallest absolute Gasteiger partial charge is 0.224 e. The fourth-order valence-corrected chi connectivity index (χ4v) is 2.79. The summed E-state index contributed by atoms with van der Waals surface area (Å²) >= 11 is 0. The second kappa shape index (κ2) is 7.29. The SMILES string of the molecule is NCC(Cc1ccccc1)C(=O)NCC1CCCC1. The van der Waals surface area contributed by atoms with Gasteiger partial charge in [-0.15, -0.1) is 0 Å². The lowest BCUT2D eigenvalue weighted by atomic mass is 9.98. The van der Waals surface area contributed by atoms with Crippen LogP contribution in [-0.4, -0.2) is 19.0 Å². The molecular weight excluding hydrogens is 236 g/mol. The van der Waals surface area contributed by atoms with Gasteiger partial charge >= 0.3 is 0 Å². The van der Waals surface area contributed by atoms with E-state index >= 15 is 0 Å². The number of carbonyl (C=O) groups excluding carboxylic acids is 1. The Morgan fingerprint density at radius 2 is 1.95 bits per heavy atom. The summed E-state index contributed by atoms with van der Waals surface area (Å²) in [5.41, 5.74) is 6.92. The van der Waals surface area contributed by atoms with Crippen LogP contribution in [0, 0.1) is 11.8 Å². The van der Waals surface area contributed by atoms with E-state index in [-0.39, 0.29) is 11.8 Å². The zero-order chi connectivity index (χ0) is 13.5. The van der Waals surface area contributed by atoms with Crippen LogP contribution >= 0.6 is 0 Å². The molecule has 3 nitrogen and oxygen atoms in total. The minimum absolute atomic E-state index is 0.108. The molecule has 1 aliphatic carbocycles. The van der Waals surface area contributed by atoms with Crippen molar-refractivity contribution in [2.75, 3.05) is 13.1 Å². The monoisotopic (exact) mass is 260 g/mol. The number of benzene rings is 1. The highest BCUT2D eigenvalue weighted by atomic mass is 16.1. The third kappa shape index (κ3) is 4.35. The molecule has 2 rings (SSSR count). The molecule has 0 aromatic heterocycles. The first-order valence-electron chi connectivity index (χ1n) is 7.31. The van der Waals surface area contributed by atoms with Gasteiger partial charge in [-0.1, -0.05) is 43.2 Å². The predicted molar refractivity (Wildman–Crippen MR) is 77.7 cm³/mol. The van der Waals surface area contributed by atoms with Crippen molar-refractivity contribution >= 4 is 5.91 Å². The van der Waals surface area contributed by atoms with Crippen LogP contribution in [0.15, 0.2) is 30.3 Å². The molecule has 0 spiro atoms. The van der Waals surface area contributed by atoms with E-state index < -0.39 is 0 Å². The standard InChI is InChI=1S/C16H24N2O/c17-11-15(10-13-6-2-1-3-7-13)16(19)18-12-14-8-4-5-9-14/h1-3,6-7,14-15H,4-5,8-12,17H2,(H,18,19). The highest BCUT2D eigenvalue weighted by molar-refractivity contribution is 5.79. The minimum atomic E-state index is -0.108. The second-order valence-electron chi connectivity index (χ2n) is 5.52. The zero-order valence-electron chi connectivity index (χ0n) is 11.5. The lowest BCUT2D eigenvalue weighted by Crippen LogP contribution is -2.38. The van der Waals surface area contributed by atoms with Gasteiger partial charge < -0.3 is 11.1 Å². The molecule has 0 aliphatic heterocycles. The number of amides is 1. The number of rotatable bonds is 6. The van der Waals surface area contributed by atoms with Crippen molar-refractivity contribution in [1.82, 2.24) is 5.32 Å². The van der Waals surface area contributed by atoms with Crippen LogP contribution < -0.4 is 11.1 Å². The molecular formula is C16H24N2O. The normalized spacial score (nSPS) is 17.3. The van der Waals surface area contributed by atoms with E-state index in [0.29, 0.717) is 12.5 Å². The van der Waals surface area contributed by atoms with Gasteiger partial charge in [0.25, 0.3) is 0 Å². The maximum atomic E-state index is 12.1. The van der Waals surface area contributed by atoms with Crippen molar-refractivity contribution in [3.8, 4) is 0 Å². The van der Waals surface area contributed by atoms with Crippen molar-refractivity contribution < 1.29 is 4.79 Å². The Labute approximate surface area is 115 Å². The lowest BCUT2D eigenvalue weighted by molar-refractivity contribution is -0.124. The van der Waals surface area contributed by atoms with Gasteiger partial charge in [0.1, 0.15) is 0 Å². The highest BCUT2D eigenvalue weighted by Crippen LogP contribution is 2.23. The van der Waals surface area contributed by atoms with Gasteiger partial charge in [-0.2, -0.15) is 0 Å². The summed E-state index contributed by atoms with van der Waals surface area (Å²) < 4.78 is 0. The molecule has 3 N–H and O–H groups in total. The topological polar surface area (TPSA) is 55.1 Å². The Morgan fingerprint density at radius 1 is 1.26 bits per heavy atom. The quantitative estimate of drug-likeness (QED) is 0.823. The summed E-state index contributed by atoms with van der Waals surface area (Å²) in [7, 11) is 0. The fourth-order valence-electron chi connectivity index (χ4n) is 2.79. The van der Waals surface area contributed by atoms with Crippen molar-refractivity contribution in [2.45, 2.75) is 32.1 Å². The van der Waals surface area contributed by atoms with Crippen LogP contribution in [-0.2, 0) is 11.2 Å². The van der Waals surface area contributed by atoms with Crippen LogP contribution in [0.25, 0.3) is 0 Å². The van der Waals surface area contributed by atoms with Crippen molar-refractivity contribution in [2.24, 2.45) is 17.6 Å². The van der Waals surface area contributed by atoms with Gasteiger partial charge in [0.05, 0.1) is 5.92 Å². The van der Waals surface area contributed by atoms with E-state index in [9.17, 15) is 4.79 Å². The minimum Gasteiger partial charge on any atom is -0.356 e. The fraction of sp³-hybridized carbons (Fsp3) is 0.562. The van der Waals surface area contributed by atoms with Gasteiger partial charge in [0.2, 0.25) is 5.91 Å². The van der Waals surface area contributed by atoms with Gasteiger partial charge in [0, 0.05) is 13.1 Å².